The molecule has 1 aliphatic heterocycles. The average Bonchev–Trinajstić information content (AvgIpc) is 2.30. The van der Waals surface area contributed by atoms with Crippen LogP contribution < -0.4 is 5.32 Å². The summed E-state index contributed by atoms with van der Waals surface area (Å²) in [5, 5.41) is 3.18. The molecule has 0 aliphatic carbocycles. The van der Waals surface area contributed by atoms with Crippen LogP contribution in [0, 0.1) is 5.92 Å². The van der Waals surface area contributed by atoms with E-state index in [0.717, 1.165) is 25.9 Å². The summed E-state index contributed by atoms with van der Waals surface area (Å²) in [6, 6.07) is 1.39. The Morgan fingerprint density at radius 3 is 2.89 bits per heavy atom. The molecule has 0 spiro atoms. The Kier molecular flexibility index (Phi) is 5.78. The number of sulfone groups is 1. The number of halogens is 2. The molecule has 0 saturated carbocycles. The second kappa shape index (κ2) is 6.65. The minimum Gasteiger partial charge on any atom is -0.316 e. The zero-order valence-electron chi connectivity index (χ0n) is 9.67. The van der Waals surface area contributed by atoms with Crippen LogP contribution in [-0.4, -0.2) is 37.2 Å². The van der Waals surface area contributed by atoms with Gasteiger partial charge in [0.05, 0.1) is 5.75 Å². The Labute approximate surface area is 118 Å². The van der Waals surface area contributed by atoms with Crippen LogP contribution in [0.4, 0.5) is 0 Å². The van der Waals surface area contributed by atoms with Crippen LogP contribution in [0.15, 0.2) is 17.3 Å². The van der Waals surface area contributed by atoms with Gasteiger partial charge in [0.1, 0.15) is 0 Å². The minimum atomic E-state index is -3.36. The van der Waals surface area contributed by atoms with E-state index in [9.17, 15) is 8.42 Å². The lowest BCUT2D eigenvalue weighted by atomic mass is 10.0. The van der Waals surface area contributed by atoms with Gasteiger partial charge in [-0.25, -0.2) is 18.4 Å². The van der Waals surface area contributed by atoms with E-state index in [1.165, 1.54) is 12.3 Å². The molecule has 2 rings (SSSR count). The summed E-state index contributed by atoms with van der Waals surface area (Å²) in [7, 11) is -3.36. The average molecular weight is 312 g/mol. The molecule has 1 aliphatic rings. The largest absolute Gasteiger partial charge is 0.316 e. The van der Waals surface area contributed by atoms with Crippen molar-refractivity contribution in [1.82, 2.24) is 15.3 Å². The topological polar surface area (TPSA) is 72.0 Å². The molecule has 1 atom stereocenters. The fourth-order valence-corrected chi connectivity index (χ4v) is 3.72. The molecule has 1 unspecified atom stereocenters. The predicted molar refractivity (Wildman–Crippen MR) is 71.9 cm³/mol. The first-order valence-electron chi connectivity index (χ1n) is 5.50. The fourth-order valence-electron chi connectivity index (χ4n) is 1.95. The van der Waals surface area contributed by atoms with Gasteiger partial charge < -0.3 is 5.32 Å². The summed E-state index contributed by atoms with van der Waals surface area (Å²) < 4.78 is 24.2. The second-order valence-corrected chi connectivity index (χ2v) is 6.48. The van der Waals surface area contributed by atoms with Gasteiger partial charge in [0.15, 0.2) is 14.9 Å². The third-order valence-electron chi connectivity index (χ3n) is 2.77. The zero-order valence-corrected chi connectivity index (χ0v) is 12.1. The van der Waals surface area contributed by atoms with Crippen molar-refractivity contribution in [3.8, 4) is 0 Å². The van der Waals surface area contributed by atoms with Crippen molar-refractivity contribution in [1.29, 1.82) is 0 Å². The highest BCUT2D eigenvalue weighted by Gasteiger charge is 2.24. The van der Waals surface area contributed by atoms with Crippen LogP contribution in [-0.2, 0) is 9.84 Å². The van der Waals surface area contributed by atoms with Gasteiger partial charge in [0, 0.05) is 6.20 Å². The third kappa shape index (κ3) is 4.05. The Morgan fingerprint density at radius 2 is 2.28 bits per heavy atom. The summed E-state index contributed by atoms with van der Waals surface area (Å²) in [5.41, 5.74) is 0. The Bertz CT molecular complexity index is 490. The van der Waals surface area contributed by atoms with Crippen LogP contribution in [0.5, 0.6) is 0 Å². The van der Waals surface area contributed by atoms with Gasteiger partial charge >= 0.3 is 0 Å². The first-order valence-corrected chi connectivity index (χ1v) is 7.53. The molecular formula is C10H15Cl2N3O2S. The van der Waals surface area contributed by atoms with E-state index in [2.05, 4.69) is 15.3 Å². The maximum absolute atomic E-state index is 12.1. The molecule has 102 valence electrons. The molecule has 1 aromatic heterocycles. The van der Waals surface area contributed by atoms with Crippen LogP contribution in [0.3, 0.4) is 0 Å². The van der Waals surface area contributed by atoms with Gasteiger partial charge in [-0.05, 0) is 49.5 Å². The molecule has 0 radical (unpaired) electrons. The molecule has 1 N–H and O–H groups in total. The quantitative estimate of drug-likeness (QED) is 0.673. The standard InChI is InChI=1S/C10H14ClN3O2S.ClH/c11-10-13-5-3-9(14-10)17(15,16)7-8-2-1-4-12-6-8;/h3,5,8,12H,1-2,4,6-7H2;1H. The lowest BCUT2D eigenvalue weighted by Crippen LogP contribution is -2.34. The molecule has 1 aromatic rings. The van der Waals surface area contributed by atoms with Gasteiger partial charge in [0.25, 0.3) is 0 Å². The number of hydrogen-bond acceptors (Lipinski definition) is 5. The van der Waals surface area contributed by atoms with E-state index in [1.54, 1.807) is 0 Å². The molecule has 0 amide bonds. The number of nitrogens with one attached hydrogen (secondary N) is 1. The van der Waals surface area contributed by atoms with E-state index in [-0.39, 0.29) is 34.4 Å². The Hall–Kier alpha value is -0.430. The molecule has 2 heterocycles. The van der Waals surface area contributed by atoms with Gasteiger partial charge in [-0.2, -0.15) is 0 Å². The van der Waals surface area contributed by atoms with Gasteiger partial charge in [0.2, 0.25) is 5.28 Å². The predicted octanol–water partition coefficient (Wildman–Crippen LogP) is 1.33. The molecule has 0 aromatic carbocycles. The monoisotopic (exact) mass is 311 g/mol. The van der Waals surface area contributed by atoms with E-state index in [4.69, 9.17) is 11.6 Å². The molecule has 5 nitrogen and oxygen atoms in total. The van der Waals surface area contributed by atoms with Gasteiger partial charge in [-0.1, -0.05) is 0 Å². The lowest BCUT2D eigenvalue weighted by Gasteiger charge is -2.22. The van der Waals surface area contributed by atoms with Crippen molar-refractivity contribution in [3.05, 3.63) is 17.5 Å². The van der Waals surface area contributed by atoms with Crippen molar-refractivity contribution in [2.45, 2.75) is 17.9 Å². The molecule has 1 saturated heterocycles. The number of aromatic nitrogens is 2. The number of hydrogen-bond donors (Lipinski definition) is 1. The fraction of sp³-hybridized carbons (Fsp3) is 0.600. The molecule has 1 fully saturated rings. The molecule has 8 heteroatoms. The van der Waals surface area contributed by atoms with E-state index in [0.29, 0.717) is 0 Å². The summed E-state index contributed by atoms with van der Waals surface area (Å²) in [5.74, 6) is 0.273. The zero-order chi connectivity index (χ0) is 12.3. The summed E-state index contributed by atoms with van der Waals surface area (Å²) in [4.78, 5) is 7.43. The highest BCUT2D eigenvalue weighted by molar-refractivity contribution is 7.91. The minimum absolute atomic E-state index is 0. The highest BCUT2D eigenvalue weighted by atomic mass is 35.5. The van der Waals surface area contributed by atoms with Crippen molar-refractivity contribution in [2.75, 3.05) is 18.8 Å². The SMILES string of the molecule is Cl.O=S(=O)(CC1CCCNC1)c1ccnc(Cl)n1. The number of nitrogens with zero attached hydrogens (tertiary/aromatic N) is 2. The van der Waals surface area contributed by atoms with Crippen molar-refractivity contribution in [3.63, 3.8) is 0 Å². The van der Waals surface area contributed by atoms with Crippen LogP contribution in [0.25, 0.3) is 0 Å². The molecule has 18 heavy (non-hydrogen) atoms. The first-order chi connectivity index (χ1) is 8.08. The smallest absolute Gasteiger partial charge is 0.223 e. The Balaban J connectivity index is 0.00000162. The van der Waals surface area contributed by atoms with Crippen LogP contribution in [0.2, 0.25) is 5.28 Å². The third-order valence-corrected chi connectivity index (χ3v) is 4.73. The summed E-state index contributed by atoms with van der Waals surface area (Å²) >= 11 is 5.59. The maximum atomic E-state index is 12.1. The second-order valence-electron chi connectivity index (χ2n) is 4.16. The number of rotatable bonds is 3. The van der Waals surface area contributed by atoms with E-state index >= 15 is 0 Å². The number of piperidine rings is 1. The normalized spacial score (nSPS) is 20.2. The molecule has 0 bridgehead atoms. The molecular weight excluding hydrogens is 297 g/mol. The summed E-state index contributed by atoms with van der Waals surface area (Å²) in [6.07, 6.45) is 3.32. The lowest BCUT2D eigenvalue weighted by molar-refractivity contribution is 0.403. The first kappa shape index (κ1) is 15.6. The summed E-state index contributed by atoms with van der Waals surface area (Å²) in [6.45, 7) is 1.72. The maximum Gasteiger partial charge on any atom is 0.223 e. The van der Waals surface area contributed by atoms with Gasteiger partial charge in [-0.15, -0.1) is 12.4 Å². The van der Waals surface area contributed by atoms with E-state index in [1.807, 2.05) is 0 Å². The van der Waals surface area contributed by atoms with Gasteiger partial charge in [-0.3, -0.25) is 0 Å². The van der Waals surface area contributed by atoms with Crippen molar-refractivity contribution in [2.24, 2.45) is 5.92 Å². The van der Waals surface area contributed by atoms with Crippen molar-refractivity contribution >= 4 is 33.8 Å². The van der Waals surface area contributed by atoms with E-state index < -0.39 is 9.84 Å². The Morgan fingerprint density at radius 1 is 1.50 bits per heavy atom. The highest BCUT2D eigenvalue weighted by Crippen LogP contribution is 2.17. The van der Waals surface area contributed by atoms with Crippen LogP contribution >= 0.6 is 24.0 Å². The van der Waals surface area contributed by atoms with Crippen LogP contribution in [0.1, 0.15) is 12.8 Å². The van der Waals surface area contributed by atoms with Crippen molar-refractivity contribution < 1.29 is 8.42 Å².